The van der Waals surface area contributed by atoms with E-state index >= 15 is 0 Å². The number of carbonyl (C=O) groups is 5. The van der Waals surface area contributed by atoms with E-state index in [-0.39, 0.29) is 70.7 Å². The van der Waals surface area contributed by atoms with Gasteiger partial charge in [0.2, 0.25) is 0 Å². The van der Waals surface area contributed by atoms with Crippen LogP contribution in [0.4, 0.5) is 4.79 Å². The number of alkyl carbamates (subject to hydrolysis) is 1. The van der Waals surface area contributed by atoms with Gasteiger partial charge in [0, 0.05) is 58.9 Å². The average molecular weight is 585 g/mol. The Kier molecular flexibility index (Phi) is 13.1. The summed E-state index contributed by atoms with van der Waals surface area (Å²) in [5.74, 6) is -2.06. The molecule has 1 N–H and O–H groups in total. The fraction of sp³-hybridized carbons (Fsp3) is 0.815. The van der Waals surface area contributed by atoms with Gasteiger partial charge in [0.25, 0.3) is 0 Å². The molecule has 14 heteroatoms. The largest absolute Gasteiger partial charge is 0.465 e. The Labute approximate surface area is 240 Å². The van der Waals surface area contributed by atoms with Crippen molar-refractivity contribution in [3.63, 3.8) is 0 Å². The van der Waals surface area contributed by atoms with Gasteiger partial charge in [-0.3, -0.25) is 19.2 Å². The van der Waals surface area contributed by atoms with Gasteiger partial charge < -0.3 is 43.7 Å². The second-order valence-corrected chi connectivity index (χ2v) is 11.1. The molecule has 0 bridgehead atoms. The van der Waals surface area contributed by atoms with Gasteiger partial charge in [-0.25, -0.2) is 4.79 Å². The van der Waals surface area contributed by atoms with Gasteiger partial charge >= 0.3 is 30.0 Å². The highest BCUT2D eigenvalue weighted by Gasteiger charge is 2.38. The molecule has 0 aromatic heterocycles. The summed E-state index contributed by atoms with van der Waals surface area (Å²) in [6, 6.07) is 0. The molecular formula is C27H44N4O10. The number of esters is 4. The molecule has 0 aliphatic carbocycles. The molecule has 0 spiro atoms. The number of ether oxygens (including phenoxy) is 5. The van der Waals surface area contributed by atoms with Crippen LogP contribution in [0.15, 0.2) is 0 Å². The number of rotatable bonds is 21. The molecular weight excluding hydrogens is 540 g/mol. The minimum atomic E-state index is -1.32. The maximum absolute atomic E-state index is 12.4. The Bertz CT molecular complexity index is 824. The van der Waals surface area contributed by atoms with Crippen LogP contribution >= 0.6 is 0 Å². The van der Waals surface area contributed by atoms with Crippen LogP contribution in [0.25, 0.3) is 0 Å². The Morgan fingerprint density at radius 2 is 1.02 bits per heavy atom. The van der Waals surface area contributed by atoms with Crippen molar-refractivity contribution in [1.82, 2.24) is 20.0 Å². The topological polar surface area (TPSA) is 153 Å². The van der Waals surface area contributed by atoms with E-state index in [0.29, 0.717) is 19.6 Å². The second-order valence-electron chi connectivity index (χ2n) is 11.1. The molecule has 1 amide bonds. The molecule has 3 saturated heterocycles. The molecule has 3 heterocycles. The molecule has 0 saturated carbocycles. The molecule has 3 rings (SSSR count). The third kappa shape index (κ3) is 14.5. The molecule has 0 aromatic carbocycles. The zero-order valence-electron chi connectivity index (χ0n) is 24.2. The normalized spacial score (nSPS) is 16.6. The lowest BCUT2D eigenvalue weighted by Gasteiger charge is -2.31. The van der Waals surface area contributed by atoms with E-state index < -0.39 is 29.4 Å². The smallest absolute Gasteiger partial charge is 0.407 e. The summed E-state index contributed by atoms with van der Waals surface area (Å²) in [5, 5.41) is 2.49. The Balaban J connectivity index is 1.57. The molecule has 232 valence electrons. The van der Waals surface area contributed by atoms with Crippen LogP contribution in [0.1, 0.15) is 33.1 Å². The van der Waals surface area contributed by atoms with Gasteiger partial charge in [-0.15, -0.1) is 0 Å². The Hall–Kier alpha value is -2.97. The SMILES string of the molecule is CC(C)C(=O)OCCNC(=O)OCC(COC(=O)CCN1CC1)(COC(=O)CCN1CC1)COC(=O)CCN1CC1. The predicted molar refractivity (Wildman–Crippen MR) is 144 cm³/mol. The highest BCUT2D eigenvalue weighted by Crippen LogP contribution is 2.23. The lowest BCUT2D eigenvalue weighted by atomic mass is 9.92. The third-order valence-electron chi connectivity index (χ3n) is 6.73. The van der Waals surface area contributed by atoms with Crippen LogP contribution in [0.3, 0.4) is 0 Å². The minimum absolute atomic E-state index is 0.0206. The first-order valence-electron chi connectivity index (χ1n) is 14.4. The quantitative estimate of drug-likeness (QED) is 0.0810. The Morgan fingerprint density at radius 1 is 0.634 bits per heavy atom. The molecule has 3 aliphatic rings. The first-order valence-corrected chi connectivity index (χ1v) is 14.4. The standard InChI is InChI=1S/C27H44N4O10/c1-21(2)25(35)37-16-6-28-26(36)41-20-27(17-38-22(32)3-7-29-10-11-29,18-39-23(33)4-8-30-12-13-30)19-40-24(34)5-9-31-14-15-31/h21H,3-20H2,1-2H3,(H,28,36). The molecule has 3 aliphatic heterocycles. The van der Waals surface area contributed by atoms with Crippen LogP contribution < -0.4 is 5.32 Å². The van der Waals surface area contributed by atoms with Crippen LogP contribution in [0.5, 0.6) is 0 Å². The zero-order chi connectivity index (χ0) is 29.7. The predicted octanol–water partition coefficient (Wildman–Crippen LogP) is -0.355. The second kappa shape index (κ2) is 16.5. The van der Waals surface area contributed by atoms with E-state index in [0.717, 1.165) is 39.3 Å². The van der Waals surface area contributed by atoms with Gasteiger partial charge in [0.1, 0.15) is 38.4 Å². The number of nitrogens with zero attached hydrogens (tertiary/aromatic N) is 3. The summed E-state index contributed by atoms with van der Waals surface area (Å²) in [4.78, 5) is 67.6. The molecule has 0 radical (unpaired) electrons. The first kappa shape index (κ1) is 32.5. The van der Waals surface area contributed by atoms with Crippen molar-refractivity contribution in [1.29, 1.82) is 0 Å². The van der Waals surface area contributed by atoms with Crippen molar-refractivity contribution in [2.75, 3.05) is 98.5 Å². The maximum Gasteiger partial charge on any atom is 0.407 e. The van der Waals surface area contributed by atoms with Crippen molar-refractivity contribution in [3.05, 3.63) is 0 Å². The van der Waals surface area contributed by atoms with Crippen LogP contribution in [-0.2, 0) is 42.9 Å². The zero-order valence-corrected chi connectivity index (χ0v) is 24.2. The number of hydrogen-bond donors (Lipinski definition) is 1. The van der Waals surface area contributed by atoms with Crippen molar-refractivity contribution in [2.45, 2.75) is 33.1 Å². The number of nitrogens with one attached hydrogen (secondary N) is 1. The van der Waals surface area contributed by atoms with E-state index in [1.54, 1.807) is 13.8 Å². The van der Waals surface area contributed by atoms with Crippen molar-refractivity contribution < 1.29 is 47.7 Å². The Morgan fingerprint density at radius 3 is 1.39 bits per heavy atom. The van der Waals surface area contributed by atoms with E-state index in [2.05, 4.69) is 20.0 Å². The molecule has 0 aromatic rings. The first-order chi connectivity index (χ1) is 19.6. The lowest BCUT2D eigenvalue weighted by Crippen LogP contribution is -2.45. The number of amides is 1. The molecule has 0 atom stereocenters. The molecule has 3 fully saturated rings. The van der Waals surface area contributed by atoms with E-state index in [1.165, 1.54) is 0 Å². The molecule has 0 unspecified atom stereocenters. The summed E-state index contributed by atoms with van der Waals surface area (Å²) in [5.41, 5.74) is -1.32. The summed E-state index contributed by atoms with van der Waals surface area (Å²) in [7, 11) is 0. The van der Waals surface area contributed by atoms with E-state index in [4.69, 9.17) is 23.7 Å². The molecule has 14 nitrogen and oxygen atoms in total. The maximum atomic E-state index is 12.4. The van der Waals surface area contributed by atoms with E-state index in [9.17, 15) is 24.0 Å². The fourth-order valence-electron chi connectivity index (χ4n) is 3.54. The third-order valence-corrected chi connectivity index (χ3v) is 6.73. The molecule has 41 heavy (non-hydrogen) atoms. The van der Waals surface area contributed by atoms with Crippen molar-refractivity contribution in [2.24, 2.45) is 11.3 Å². The lowest BCUT2D eigenvalue weighted by molar-refractivity contribution is -0.165. The van der Waals surface area contributed by atoms with Crippen molar-refractivity contribution >= 4 is 30.0 Å². The van der Waals surface area contributed by atoms with Crippen LogP contribution in [0, 0.1) is 11.3 Å². The van der Waals surface area contributed by atoms with Crippen LogP contribution in [-0.4, -0.2) is 143 Å². The van der Waals surface area contributed by atoms with Gasteiger partial charge in [0.05, 0.1) is 31.7 Å². The average Bonchev–Trinajstić information content (AvgIpc) is 3.80. The van der Waals surface area contributed by atoms with E-state index in [1.807, 2.05) is 0 Å². The van der Waals surface area contributed by atoms with Crippen LogP contribution in [0.2, 0.25) is 0 Å². The summed E-state index contributed by atoms with van der Waals surface area (Å²) in [6.45, 7) is 9.54. The van der Waals surface area contributed by atoms with Gasteiger partial charge in [-0.2, -0.15) is 0 Å². The highest BCUT2D eigenvalue weighted by molar-refractivity contribution is 5.72. The van der Waals surface area contributed by atoms with Gasteiger partial charge in [-0.05, 0) is 0 Å². The summed E-state index contributed by atoms with van der Waals surface area (Å²) in [6.07, 6.45) is -0.281. The monoisotopic (exact) mass is 584 g/mol. The van der Waals surface area contributed by atoms with Crippen molar-refractivity contribution in [3.8, 4) is 0 Å². The summed E-state index contributed by atoms with van der Waals surface area (Å²) < 4.78 is 27.0. The fourth-order valence-corrected chi connectivity index (χ4v) is 3.54. The van der Waals surface area contributed by atoms with Gasteiger partial charge in [0.15, 0.2) is 0 Å². The summed E-state index contributed by atoms with van der Waals surface area (Å²) >= 11 is 0. The number of hydrogen-bond acceptors (Lipinski definition) is 13. The highest BCUT2D eigenvalue weighted by atomic mass is 16.6. The van der Waals surface area contributed by atoms with Gasteiger partial charge in [-0.1, -0.05) is 13.8 Å². The number of carbonyl (C=O) groups excluding carboxylic acids is 5. The minimum Gasteiger partial charge on any atom is -0.465 e.